The van der Waals surface area contributed by atoms with E-state index in [1.165, 1.54) is 17.8 Å². The summed E-state index contributed by atoms with van der Waals surface area (Å²) in [6, 6.07) is 0. The van der Waals surface area contributed by atoms with Gasteiger partial charge in [0.25, 0.3) is 0 Å². The second-order valence-electron chi connectivity index (χ2n) is 9.10. The average Bonchev–Trinajstić information content (AvgIpc) is 3.34. The molecular formula is C20H29FN5O8PS. The Kier molecular flexibility index (Phi) is 7.64. The Morgan fingerprint density at radius 3 is 2.92 bits per heavy atom. The van der Waals surface area contributed by atoms with Gasteiger partial charge in [-0.1, -0.05) is 11.8 Å². The van der Waals surface area contributed by atoms with Crippen molar-refractivity contribution in [3.05, 3.63) is 6.33 Å². The lowest BCUT2D eigenvalue weighted by Gasteiger charge is -2.33. The third-order valence-corrected chi connectivity index (χ3v) is 8.41. The molecule has 4 rings (SSSR count). The Bertz CT molecular complexity index is 1180. The lowest BCUT2D eigenvalue weighted by molar-refractivity contribution is -0.119. The number of aromatic nitrogens is 4. The molecule has 200 valence electrons. The topological polar surface area (TPSA) is 170 Å². The van der Waals surface area contributed by atoms with Gasteiger partial charge in [-0.05, 0) is 27.7 Å². The molecule has 36 heavy (non-hydrogen) atoms. The highest BCUT2D eigenvalue weighted by molar-refractivity contribution is 8.13. The molecule has 2 fully saturated rings. The summed E-state index contributed by atoms with van der Waals surface area (Å²) in [6.07, 6.45) is -2.10. The zero-order chi connectivity index (χ0) is 26.3. The summed E-state index contributed by atoms with van der Waals surface area (Å²) in [7, 11) is -4.13. The lowest BCUT2D eigenvalue weighted by Crippen LogP contribution is -2.44. The second kappa shape index (κ2) is 10.1. The fraction of sp³-hybridized carbons (Fsp3) is 0.700. The molecule has 5 unspecified atom stereocenters. The molecule has 0 radical (unpaired) electrons. The number of alkyl halides is 1. The number of anilines is 1. The van der Waals surface area contributed by atoms with Crippen LogP contribution in [0, 0.1) is 5.41 Å². The molecule has 0 aromatic carbocycles. The van der Waals surface area contributed by atoms with E-state index in [9.17, 15) is 14.5 Å². The van der Waals surface area contributed by atoms with Gasteiger partial charge in [-0.2, -0.15) is 9.97 Å². The van der Waals surface area contributed by atoms with Crippen molar-refractivity contribution in [1.29, 1.82) is 0 Å². The van der Waals surface area contributed by atoms with E-state index in [4.69, 9.17) is 28.8 Å². The van der Waals surface area contributed by atoms with E-state index in [1.807, 2.05) is 0 Å². The van der Waals surface area contributed by atoms with Gasteiger partial charge in [0.2, 0.25) is 11.8 Å². The van der Waals surface area contributed by atoms with Gasteiger partial charge in [-0.3, -0.25) is 22.9 Å². The van der Waals surface area contributed by atoms with Crippen molar-refractivity contribution in [3.63, 3.8) is 0 Å². The highest BCUT2D eigenvalue weighted by Gasteiger charge is 2.61. The van der Waals surface area contributed by atoms with Crippen LogP contribution >= 0.6 is 19.6 Å². The molecule has 0 saturated carbocycles. The van der Waals surface area contributed by atoms with Gasteiger partial charge in [-0.15, -0.1) is 0 Å². The maximum atomic E-state index is 16.2. The molecule has 2 saturated heterocycles. The minimum Gasteiger partial charge on any atom is -0.476 e. The molecular weight excluding hydrogens is 520 g/mol. The molecule has 0 bridgehead atoms. The van der Waals surface area contributed by atoms with Crippen molar-refractivity contribution in [2.75, 3.05) is 37.9 Å². The minimum absolute atomic E-state index is 0.0834. The van der Waals surface area contributed by atoms with Crippen molar-refractivity contribution >= 4 is 41.8 Å². The third-order valence-electron chi connectivity index (χ3n) is 5.77. The maximum absolute atomic E-state index is 16.2. The van der Waals surface area contributed by atoms with Gasteiger partial charge in [0.05, 0.1) is 38.2 Å². The zero-order valence-corrected chi connectivity index (χ0v) is 22.0. The van der Waals surface area contributed by atoms with Gasteiger partial charge in [-0.25, -0.2) is 13.9 Å². The Morgan fingerprint density at radius 2 is 2.22 bits per heavy atom. The van der Waals surface area contributed by atoms with Gasteiger partial charge in [0.1, 0.15) is 12.2 Å². The molecule has 5 atom stereocenters. The molecule has 16 heteroatoms. The van der Waals surface area contributed by atoms with E-state index < -0.39 is 37.3 Å². The third kappa shape index (κ3) is 5.10. The van der Waals surface area contributed by atoms with Crippen molar-refractivity contribution in [2.45, 2.75) is 51.8 Å². The monoisotopic (exact) mass is 549 g/mol. The normalized spacial score (nSPS) is 30.4. The van der Waals surface area contributed by atoms with Gasteiger partial charge in [0, 0.05) is 5.75 Å². The number of ether oxygens (including phenoxy) is 2. The quantitative estimate of drug-likeness (QED) is 0.345. The number of nitrogen functional groups attached to an aromatic ring is 1. The van der Waals surface area contributed by atoms with Crippen LogP contribution in [0.3, 0.4) is 0 Å². The van der Waals surface area contributed by atoms with E-state index in [0.717, 1.165) is 11.8 Å². The van der Waals surface area contributed by atoms with E-state index >= 15 is 4.39 Å². The number of phosphoric ester groups is 1. The number of nitrogens with zero attached hydrogens (tertiary/aromatic N) is 4. The van der Waals surface area contributed by atoms with Crippen LogP contribution < -0.4 is 10.5 Å². The van der Waals surface area contributed by atoms with Crippen LogP contribution in [0.15, 0.2) is 6.33 Å². The second-order valence-corrected chi connectivity index (χ2v) is 11.8. The molecule has 0 spiro atoms. The summed E-state index contributed by atoms with van der Waals surface area (Å²) in [5.41, 5.74) is 3.17. The average molecular weight is 550 g/mol. The van der Waals surface area contributed by atoms with E-state index in [1.54, 1.807) is 20.8 Å². The predicted octanol–water partition coefficient (Wildman–Crippen LogP) is 2.25. The van der Waals surface area contributed by atoms with Crippen molar-refractivity contribution < 1.29 is 41.9 Å². The first kappa shape index (κ1) is 27.2. The van der Waals surface area contributed by atoms with Crippen LogP contribution in [0.25, 0.3) is 11.2 Å². The summed E-state index contributed by atoms with van der Waals surface area (Å²) in [5, 5.41) is 9.03. The van der Waals surface area contributed by atoms with Crippen molar-refractivity contribution in [3.8, 4) is 5.88 Å². The number of rotatable bonds is 9. The molecule has 2 aliphatic rings. The molecule has 2 aliphatic heterocycles. The first-order valence-electron chi connectivity index (χ1n) is 11.2. The number of imidazole rings is 1. The van der Waals surface area contributed by atoms with Crippen LogP contribution in [0.1, 0.15) is 33.9 Å². The molecule has 3 N–H and O–H groups in total. The molecule has 0 aliphatic carbocycles. The number of carbonyl (C=O) groups excluding carboxylic acids is 1. The van der Waals surface area contributed by atoms with E-state index in [2.05, 4.69) is 15.0 Å². The fourth-order valence-corrected chi connectivity index (χ4v) is 6.16. The Hall–Kier alpha value is -1.87. The predicted molar refractivity (Wildman–Crippen MR) is 127 cm³/mol. The largest absolute Gasteiger partial charge is 0.476 e. The summed E-state index contributed by atoms with van der Waals surface area (Å²) in [6.45, 7) is 5.87. The number of carbonyl (C=O) groups is 1. The molecule has 0 amide bonds. The number of phosphoric acid groups is 1. The van der Waals surface area contributed by atoms with Crippen LogP contribution in [-0.2, 0) is 27.7 Å². The summed E-state index contributed by atoms with van der Waals surface area (Å²) < 4.78 is 58.0. The Balaban J connectivity index is 1.46. The van der Waals surface area contributed by atoms with Gasteiger partial charge in [0.15, 0.2) is 28.2 Å². The highest BCUT2D eigenvalue weighted by Crippen LogP contribution is 2.59. The summed E-state index contributed by atoms with van der Waals surface area (Å²) in [5.74, 6) is 0.217. The number of hydrogen-bond donors (Lipinski definition) is 2. The molecule has 2 aromatic rings. The van der Waals surface area contributed by atoms with Crippen molar-refractivity contribution in [2.24, 2.45) is 5.41 Å². The molecule has 13 nitrogen and oxygen atoms in total. The van der Waals surface area contributed by atoms with Crippen molar-refractivity contribution in [1.82, 2.24) is 19.5 Å². The zero-order valence-electron chi connectivity index (χ0n) is 20.2. The number of fused-ring (bicyclic) bond motifs is 2. The Labute approximate surface area is 210 Å². The molecule has 4 heterocycles. The van der Waals surface area contributed by atoms with Crippen LogP contribution in [-0.4, -0.2) is 79.8 Å². The van der Waals surface area contributed by atoms with Gasteiger partial charge < -0.3 is 20.3 Å². The smallest absolute Gasteiger partial charge is 0.475 e. The SMILES string of the molecule is CCOc1nc(N)nc2c1ncn2C1OC2COP(=O)(OCCSC(=O)C(C)(C)CO)OC2C1(C)F. The van der Waals surface area contributed by atoms with Crippen LogP contribution in [0.4, 0.5) is 10.3 Å². The number of halogens is 1. The van der Waals surface area contributed by atoms with E-state index in [-0.39, 0.29) is 53.7 Å². The first-order valence-corrected chi connectivity index (χ1v) is 13.7. The number of hydrogen-bond acceptors (Lipinski definition) is 13. The summed E-state index contributed by atoms with van der Waals surface area (Å²) >= 11 is 0.922. The van der Waals surface area contributed by atoms with Gasteiger partial charge >= 0.3 is 7.82 Å². The minimum atomic E-state index is -4.13. The summed E-state index contributed by atoms with van der Waals surface area (Å²) in [4.78, 5) is 24.5. The maximum Gasteiger partial charge on any atom is 0.475 e. The highest BCUT2D eigenvalue weighted by atomic mass is 32.2. The molecule has 2 aromatic heterocycles. The number of aliphatic hydroxyl groups excluding tert-OH is 1. The fourth-order valence-electron chi connectivity index (χ4n) is 3.77. The number of nitrogens with two attached hydrogens (primary N) is 1. The van der Waals surface area contributed by atoms with E-state index in [0.29, 0.717) is 6.61 Å². The Morgan fingerprint density at radius 1 is 1.47 bits per heavy atom. The van der Waals surface area contributed by atoms with Crippen LogP contribution in [0.5, 0.6) is 5.88 Å². The number of thioether (sulfide) groups is 1. The lowest BCUT2D eigenvalue weighted by atomic mass is 9.97. The standard InChI is InChI=1S/C20H29FN5O8PS/c1-5-30-15-12-14(24-18(22)25-15)26(10-23-12)16-20(4,21)13-11(33-16)8-32-35(29,34-13)31-6-7-36-17(28)19(2,3)9-27/h10-11,13,16,27H,5-9H2,1-4H3,(H2,22,24,25). The first-order chi connectivity index (χ1) is 16.9. The van der Waals surface area contributed by atoms with Crippen LogP contribution in [0.2, 0.25) is 0 Å². The number of aliphatic hydroxyl groups is 1.